The van der Waals surface area contributed by atoms with Crippen molar-refractivity contribution >= 4 is 11.8 Å². The zero-order chi connectivity index (χ0) is 25.5. The summed E-state index contributed by atoms with van der Waals surface area (Å²) in [5.41, 5.74) is 4.13. The third kappa shape index (κ3) is 5.56. The van der Waals surface area contributed by atoms with Crippen molar-refractivity contribution in [3.63, 3.8) is 0 Å². The summed E-state index contributed by atoms with van der Waals surface area (Å²) in [6.45, 7) is 8.93. The van der Waals surface area contributed by atoms with Gasteiger partial charge in [0.15, 0.2) is 0 Å². The predicted octanol–water partition coefficient (Wildman–Crippen LogP) is 5.19. The molecule has 0 spiro atoms. The van der Waals surface area contributed by atoms with Gasteiger partial charge in [-0.25, -0.2) is 14.8 Å². The van der Waals surface area contributed by atoms with Crippen molar-refractivity contribution in [2.45, 2.75) is 52.5 Å². The molecular formula is C27H31N7O2. The maximum atomic E-state index is 12.5. The second kappa shape index (κ2) is 11.1. The predicted molar refractivity (Wildman–Crippen MR) is 138 cm³/mol. The van der Waals surface area contributed by atoms with Crippen LogP contribution in [0.4, 0.5) is 5.82 Å². The molecule has 36 heavy (non-hydrogen) atoms. The molecule has 0 aliphatic heterocycles. The average Bonchev–Trinajstić information content (AvgIpc) is 3.43. The third-order valence-electron chi connectivity index (χ3n) is 6.00. The third-order valence-corrected chi connectivity index (χ3v) is 6.00. The van der Waals surface area contributed by atoms with E-state index in [1.54, 1.807) is 13.1 Å². The highest BCUT2D eigenvalue weighted by Crippen LogP contribution is 2.30. The summed E-state index contributed by atoms with van der Waals surface area (Å²) in [6.07, 6.45) is 3.52. The van der Waals surface area contributed by atoms with E-state index in [-0.39, 0.29) is 12.0 Å². The van der Waals surface area contributed by atoms with Gasteiger partial charge < -0.3 is 10.1 Å². The maximum absolute atomic E-state index is 12.5. The number of aromatic amines is 1. The molecule has 0 amide bonds. The van der Waals surface area contributed by atoms with Gasteiger partial charge in [0.25, 0.3) is 0 Å². The van der Waals surface area contributed by atoms with Crippen molar-refractivity contribution < 1.29 is 9.53 Å². The summed E-state index contributed by atoms with van der Waals surface area (Å²) in [6, 6.07) is 16.1. The molecule has 9 nitrogen and oxygen atoms in total. The Balaban J connectivity index is 1.56. The van der Waals surface area contributed by atoms with Crippen molar-refractivity contribution in [3.8, 4) is 22.5 Å². The Morgan fingerprint density at radius 3 is 2.47 bits per heavy atom. The number of anilines is 1. The SMILES string of the molecule is CCCC(C)(C)c1ncc(C(=O)OCC)c(NCc2ccc(-c3ccccc3-c3nn[nH]n3)cc2)n1. The lowest BCUT2D eigenvalue weighted by Crippen LogP contribution is -2.23. The number of hydrogen-bond acceptors (Lipinski definition) is 8. The Labute approximate surface area is 210 Å². The summed E-state index contributed by atoms with van der Waals surface area (Å²) < 4.78 is 5.22. The second-order valence-corrected chi connectivity index (χ2v) is 9.14. The number of esters is 1. The van der Waals surface area contributed by atoms with Crippen molar-refractivity contribution in [1.29, 1.82) is 0 Å². The molecule has 2 N–H and O–H groups in total. The van der Waals surface area contributed by atoms with Crippen LogP contribution in [0.3, 0.4) is 0 Å². The molecule has 9 heteroatoms. The quantitative estimate of drug-likeness (QED) is 0.295. The van der Waals surface area contributed by atoms with E-state index in [0.29, 0.717) is 29.6 Å². The van der Waals surface area contributed by atoms with E-state index in [0.717, 1.165) is 35.1 Å². The number of carbonyl (C=O) groups is 1. The van der Waals surface area contributed by atoms with Crippen LogP contribution >= 0.6 is 0 Å². The first-order chi connectivity index (χ1) is 17.4. The second-order valence-electron chi connectivity index (χ2n) is 9.14. The molecule has 0 atom stereocenters. The fourth-order valence-corrected chi connectivity index (χ4v) is 4.13. The number of ether oxygens (including phenoxy) is 1. The highest BCUT2D eigenvalue weighted by Gasteiger charge is 2.25. The summed E-state index contributed by atoms with van der Waals surface area (Å²) >= 11 is 0. The first-order valence-electron chi connectivity index (χ1n) is 12.1. The number of nitrogens with zero attached hydrogens (tertiary/aromatic N) is 5. The Bertz CT molecular complexity index is 1300. The molecule has 2 aromatic carbocycles. The molecule has 186 valence electrons. The Morgan fingerprint density at radius 2 is 1.81 bits per heavy atom. The standard InChI is InChI=1S/C27H31N7O2/c1-5-15-27(3,4)26-29-17-22(25(35)36-6-2)23(30-26)28-16-18-11-13-19(14-12-18)20-9-7-8-10-21(20)24-31-33-34-32-24/h7-14,17H,5-6,15-16H2,1-4H3,(H,28,29,30)(H,31,32,33,34). The van der Waals surface area contributed by atoms with Crippen LogP contribution in [-0.2, 0) is 16.7 Å². The monoisotopic (exact) mass is 485 g/mol. The van der Waals surface area contributed by atoms with Gasteiger partial charge in [-0.05, 0) is 35.2 Å². The highest BCUT2D eigenvalue weighted by molar-refractivity contribution is 5.94. The molecule has 0 fully saturated rings. The normalized spacial score (nSPS) is 11.3. The van der Waals surface area contributed by atoms with Crippen molar-refractivity contribution in [3.05, 3.63) is 71.7 Å². The van der Waals surface area contributed by atoms with Crippen LogP contribution in [0.15, 0.2) is 54.7 Å². The van der Waals surface area contributed by atoms with Gasteiger partial charge in [0.2, 0.25) is 5.82 Å². The minimum Gasteiger partial charge on any atom is -0.462 e. The Kier molecular flexibility index (Phi) is 7.68. The fourth-order valence-electron chi connectivity index (χ4n) is 4.13. The van der Waals surface area contributed by atoms with Gasteiger partial charge in [-0.3, -0.25) is 0 Å². The lowest BCUT2D eigenvalue weighted by atomic mass is 9.87. The van der Waals surface area contributed by atoms with Gasteiger partial charge in [0.05, 0.1) is 6.61 Å². The van der Waals surface area contributed by atoms with E-state index in [1.165, 1.54) is 0 Å². The van der Waals surface area contributed by atoms with Gasteiger partial charge in [-0.1, -0.05) is 75.7 Å². The van der Waals surface area contributed by atoms with Crippen LogP contribution in [0.25, 0.3) is 22.5 Å². The molecule has 4 rings (SSSR count). The summed E-state index contributed by atoms with van der Waals surface area (Å²) in [5, 5.41) is 17.7. The van der Waals surface area contributed by atoms with Crippen molar-refractivity contribution in [2.24, 2.45) is 0 Å². The van der Waals surface area contributed by atoms with E-state index in [9.17, 15) is 4.79 Å². The molecule has 0 aliphatic rings. The minimum absolute atomic E-state index is 0.202. The highest BCUT2D eigenvalue weighted by atomic mass is 16.5. The molecule has 0 aliphatic carbocycles. The summed E-state index contributed by atoms with van der Waals surface area (Å²) in [7, 11) is 0. The molecular weight excluding hydrogens is 454 g/mol. The zero-order valence-corrected chi connectivity index (χ0v) is 21.1. The van der Waals surface area contributed by atoms with Crippen LogP contribution in [0, 0.1) is 0 Å². The number of hydrogen-bond donors (Lipinski definition) is 2. The average molecular weight is 486 g/mol. The number of carbonyl (C=O) groups excluding carboxylic acids is 1. The summed E-state index contributed by atoms with van der Waals surface area (Å²) in [4.78, 5) is 21.8. The van der Waals surface area contributed by atoms with Gasteiger partial charge in [0, 0.05) is 23.7 Å². The Hall–Kier alpha value is -4.14. The van der Waals surface area contributed by atoms with E-state index >= 15 is 0 Å². The number of nitrogens with one attached hydrogen (secondary N) is 2. The topological polar surface area (TPSA) is 119 Å². The van der Waals surface area contributed by atoms with E-state index in [4.69, 9.17) is 9.72 Å². The van der Waals surface area contributed by atoms with Crippen LogP contribution in [0.2, 0.25) is 0 Å². The zero-order valence-electron chi connectivity index (χ0n) is 21.1. The van der Waals surface area contributed by atoms with Gasteiger partial charge >= 0.3 is 5.97 Å². The number of benzene rings is 2. The molecule has 0 saturated heterocycles. The van der Waals surface area contributed by atoms with E-state index < -0.39 is 5.97 Å². The van der Waals surface area contributed by atoms with Gasteiger partial charge in [-0.2, -0.15) is 5.21 Å². The van der Waals surface area contributed by atoms with Crippen LogP contribution in [-0.4, -0.2) is 43.2 Å². The minimum atomic E-state index is -0.437. The first kappa shape index (κ1) is 25.0. The van der Waals surface area contributed by atoms with E-state index in [1.807, 2.05) is 36.4 Å². The molecule has 0 unspecified atom stereocenters. The number of rotatable bonds is 10. The van der Waals surface area contributed by atoms with Gasteiger partial charge in [0.1, 0.15) is 17.2 Å². The molecule has 4 aromatic rings. The molecule has 2 aromatic heterocycles. The molecule has 0 radical (unpaired) electrons. The maximum Gasteiger partial charge on any atom is 0.343 e. The summed E-state index contributed by atoms with van der Waals surface area (Å²) in [5.74, 6) is 1.30. The lowest BCUT2D eigenvalue weighted by molar-refractivity contribution is 0.0526. The Morgan fingerprint density at radius 1 is 1.06 bits per heavy atom. The number of tetrazole rings is 1. The number of H-pyrrole nitrogens is 1. The molecule has 2 heterocycles. The van der Waals surface area contributed by atoms with Crippen molar-refractivity contribution in [1.82, 2.24) is 30.6 Å². The largest absolute Gasteiger partial charge is 0.462 e. The van der Waals surface area contributed by atoms with Crippen molar-refractivity contribution in [2.75, 3.05) is 11.9 Å². The first-order valence-corrected chi connectivity index (χ1v) is 12.1. The van der Waals surface area contributed by atoms with E-state index in [2.05, 4.69) is 63.8 Å². The fraction of sp³-hybridized carbons (Fsp3) is 0.333. The van der Waals surface area contributed by atoms with Gasteiger partial charge in [-0.15, -0.1) is 10.2 Å². The molecule has 0 saturated carbocycles. The van der Waals surface area contributed by atoms with Crippen LogP contribution < -0.4 is 5.32 Å². The van der Waals surface area contributed by atoms with Crippen LogP contribution in [0.1, 0.15) is 62.3 Å². The molecule has 0 bridgehead atoms. The lowest BCUT2D eigenvalue weighted by Gasteiger charge is -2.23. The number of aromatic nitrogens is 6. The van der Waals surface area contributed by atoms with Crippen LogP contribution in [0.5, 0.6) is 0 Å². The smallest absolute Gasteiger partial charge is 0.343 e.